The van der Waals surface area contributed by atoms with Gasteiger partial charge in [0.2, 0.25) is 0 Å². The van der Waals surface area contributed by atoms with Crippen molar-refractivity contribution >= 4 is 33.7 Å². The van der Waals surface area contributed by atoms with Crippen LogP contribution in [-0.2, 0) is 4.79 Å². The summed E-state index contributed by atoms with van der Waals surface area (Å²) in [6.45, 7) is 1.34. The highest BCUT2D eigenvalue weighted by molar-refractivity contribution is 6.11. The number of nitrogens with two attached hydrogens (primary N) is 1. The second kappa shape index (κ2) is 3.69. The van der Waals surface area contributed by atoms with E-state index in [1.807, 2.05) is 24.3 Å². The van der Waals surface area contributed by atoms with Crippen LogP contribution < -0.4 is 10.6 Å². The molecule has 0 spiro atoms. The molecule has 0 radical (unpaired) electrons. The molecule has 90 valence electrons. The second-order valence-electron chi connectivity index (χ2n) is 3.85. The third kappa shape index (κ3) is 1.39. The van der Waals surface area contributed by atoms with Crippen LogP contribution in [0.15, 0.2) is 30.6 Å². The van der Waals surface area contributed by atoms with Gasteiger partial charge in [-0.15, -0.1) is 0 Å². The first-order valence-electron chi connectivity index (χ1n) is 5.37. The predicted octanol–water partition coefficient (Wildman–Crippen LogP) is 1.14. The van der Waals surface area contributed by atoms with Crippen LogP contribution in [0.25, 0.3) is 21.9 Å². The van der Waals surface area contributed by atoms with Crippen molar-refractivity contribution in [2.75, 3.05) is 5.73 Å². The van der Waals surface area contributed by atoms with E-state index in [9.17, 15) is 4.79 Å². The summed E-state index contributed by atoms with van der Waals surface area (Å²) in [5, 5.41) is 1.54. The number of nitrogens with zero attached hydrogens (tertiary/aromatic N) is 3. The van der Waals surface area contributed by atoms with Crippen LogP contribution in [0.1, 0.15) is 6.92 Å². The molecule has 6 nitrogen and oxygen atoms in total. The van der Waals surface area contributed by atoms with E-state index in [0.717, 1.165) is 10.9 Å². The van der Waals surface area contributed by atoms with Crippen molar-refractivity contribution in [2.24, 2.45) is 0 Å². The smallest absolute Gasteiger partial charge is 0.329 e. The molecule has 3 rings (SSSR count). The molecule has 0 aliphatic rings. The van der Waals surface area contributed by atoms with Gasteiger partial charge < -0.3 is 10.6 Å². The Morgan fingerprint density at radius 1 is 1.33 bits per heavy atom. The molecular weight excluding hydrogens is 232 g/mol. The highest BCUT2D eigenvalue weighted by atomic mass is 16.7. The number of hydrogen-bond acceptors (Lipinski definition) is 5. The van der Waals surface area contributed by atoms with Gasteiger partial charge in [0.25, 0.3) is 0 Å². The number of aromatic nitrogens is 3. The molecule has 0 bridgehead atoms. The third-order valence-corrected chi connectivity index (χ3v) is 2.66. The Labute approximate surface area is 102 Å². The van der Waals surface area contributed by atoms with Gasteiger partial charge in [-0.2, -0.15) is 4.73 Å². The van der Waals surface area contributed by atoms with Crippen LogP contribution in [0.4, 0.5) is 5.82 Å². The lowest BCUT2D eigenvalue weighted by molar-refractivity contribution is -0.140. The number of hydrogen-bond donors (Lipinski definition) is 1. The van der Waals surface area contributed by atoms with Crippen LogP contribution in [0.5, 0.6) is 0 Å². The zero-order valence-electron chi connectivity index (χ0n) is 9.62. The molecule has 0 fully saturated rings. The summed E-state index contributed by atoms with van der Waals surface area (Å²) in [6.07, 6.45) is 1.34. The molecule has 18 heavy (non-hydrogen) atoms. The minimum absolute atomic E-state index is 0.363. The van der Waals surface area contributed by atoms with Crippen molar-refractivity contribution < 1.29 is 9.63 Å². The maximum absolute atomic E-state index is 11.2. The summed E-state index contributed by atoms with van der Waals surface area (Å²) >= 11 is 0. The molecule has 0 atom stereocenters. The summed E-state index contributed by atoms with van der Waals surface area (Å²) < 4.78 is 1.38. The lowest BCUT2D eigenvalue weighted by Crippen LogP contribution is -2.16. The van der Waals surface area contributed by atoms with Gasteiger partial charge in [-0.25, -0.2) is 14.8 Å². The van der Waals surface area contributed by atoms with E-state index >= 15 is 0 Å². The highest BCUT2D eigenvalue weighted by Crippen LogP contribution is 2.29. The Morgan fingerprint density at radius 2 is 2.11 bits per heavy atom. The molecule has 0 aliphatic heterocycles. The Kier molecular flexibility index (Phi) is 2.16. The summed E-state index contributed by atoms with van der Waals surface area (Å²) in [5.74, 6) is -0.0584. The van der Waals surface area contributed by atoms with Gasteiger partial charge in [0.1, 0.15) is 12.1 Å². The van der Waals surface area contributed by atoms with E-state index in [1.54, 1.807) is 0 Å². The van der Waals surface area contributed by atoms with Crippen molar-refractivity contribution in [3.05, 3.63) is 30.6 Å². The predicted molar refractivity (Wildman–Crippen MR) is 66.7 cm³/mol. The van der Waals surface area contributed by atoms with Crippen molar-refractivity contribution in [2.45, 2.75) is 6.92 Å². The lowest BCUT2D eigenvalue weighted by Gasteiger charge is -2.03. The Hall–Kier alpha value is -2.63. The number of para-hydroxylation sites is 1. The fourth-order valence-electron chi connectivity index (χ4n) is 2.00. The molecule has 0 saturated carbocycles. The first-order valence-corrected chi connectivity index (χ1v) is 5.37. The number of fused-ring (bicyclic) bond motifs is 3. The molecule has 0 aliphatic carbocycles. The largest absolute Gasteiger partial charge is 0.383 e. The van der Waals surface area contributed by atoms with E-state index in [4.69, 9.17) is 10.6 Å². The van der Waals surface area contributed by atoms with Crippen molar-refractivity contribution in [1.82, 2.24) is 14.7 Å². The molecule has 3 aromatic rings. The van der Waals surface area contributed by atoms with Crippen LogP contribution in [0.3, 0.4) is 0 Å². The summed E-state index contributed by atoms with van der Waals surface area (Å²) in [6, 6.07) is 7.45. The van der Waals surface area contributed by atoms with E-state index < -0.39 is 5.97 Å². The number of benzene rings is 1. The minimum Gasteiger partial charge on any atom is -0.383 e. The molecular formula is C12H10N4O2. The minimum atomic E-state index is -0.421. The van der Waals surface area contributed by atoms with Gasteiger partial charge >= 0.3 is 5.97 Å². The Balaban J connectivity index is 2.50. The average Bonchev–Trinajstić information content (AvgIpc) is 2.65. The second-order valence-corrected chi connectivity index (χ2v) is 3.85. The van der Waals surface area contributed by atoms with Gasteiger partial charge in [0, 0.05) is 12.3 Å². The first kappa shape index (κ1) is 10.5. The molecule has 1 aromatic carbocycles. The fourth-order valence-corrected chi connectivity index (χ4v) is 2.00. The zero-order valence-corrected chi connectivity index (χ0v) is 9.62. The maximum atomic E-state index is 11.2. The molecule has 0 unspecified atom stereocenters. The van der Waals surface area contributed by atoms with Crippen LogP contribution in [0.2, 0.25) is 0 Å². The normalized spacial score (nSPS) is 10.9. The third-order valence-electron chi connectivity index (χ3n) is 2.66. The van der Waals surface area contributed by atoms with Gasteiger partial charge in [-0.05, 0) is 6.07 Å². The van der Waals surface area contributed by atoms with Crippen LogP contribution in [-0.4, -0.2) is 20.7 Å². The maximum Gasteiger partial charge on any atom is 0.329 e. The summed E-state index contributed by atoms with van der Waals surface area (Å²) in [4.78, 5) is 24.4. The van der Waals surface area contributed by atoms with E-state index in [0.29, 0.717) is 16.9 Å². The summed E-state index contributed by atoms with van der Waals surface area (Å²) in [7, 11) is 0. The quantitative estimate of drug-likeness (QED) is 0.691. The Bertz CT molecular complexity index is 763. The van der Waals surface area contributed by atoms with E-state index in [2.05, 4.69) is 9.97 Å². The fraction of sp³-hybridized carbons (Fsp3) is 0.0833. The monoisotopic (exact) mass is 242 g/mol. The van der Waals surface area contributed by atoms with Gasteiger partial charge in [0.05, 0.1) is 10.9 Å². The van der Waals surface area contributed by atoms with Gasteiger partial charge in [0.15, 0.2) is 5.65 Å². The van der Waals surface area contributed by atoms with E-state index in [-0.39, 0.29) is 0 Å². The van der Waals surface area contributed by atoms with Crippen LogP contribution in [0, 0.1) is 0 Å². The van der Waals surface area contributed by atoms with E-state index in [1.165, 1.54) is 18.0 Å². The van der Waals surface area contributed by atoms with Crippen molar-refractivity contribution in [1.29, 1.82) is 0 Å². The average molecular weight is 242 g/mol. The molecule has 2 heterocycles. The first-order chi connectivity index (χ1) is 8.68. The van der Waals surface area contributed by atoms with Gasteiger partial charge in [-0.1, -0.05) is 18.2 Å². The molecule has 2 aromatic heterocycles. The molecule has 2 N–H and O–H groups in total. The van der Waals surface area contributed by atoms with Crippen LogP contribution >= 0.6 is 0 Å². The SMILES string of the molecule is CC(=O)On1c2ccccc2c2c(N)ncnc21. The number of nitrogen functional groups attached to an aromatic ring is 1. The number of carbonyl (C=O) groups excluding carboxylic acids is 1. The highest BCUT2D eigenvalue weighted by Gasteiger charge is 2.16. The van der Waals surface area contributed by atoms with Gasteiger partial charge in [-0.3, -0.25) is 0 Å². The molecule has 6 heteroatoms. The topological polar surface area (TPSA) is 83.0 Å². The van der Waals surface area contributed by atoms with Crippen molar-refractivity contribution in [3.8, 4) is 0 Å². The molecule has 0 saturated heterocycles. The summed E-state index contributed by atoms with van der Waals surface area (Å²) in [5.41, 5.74) is 7.08. The standard InChI is InChI=1S/C12H10N4O2/c1-7(17)18-16-9-5-3-2-4-8(9)10-11(13)14-6-15-12(10)16/h2-6H,1H3,(H2,13,14,15). The van der Waals surface area contributed by atoms with Crippen molar-refractivity contribution in [3.63, 3.8) is 0 Å². The molecule has 0 amide bonds. The lowest BCUT2D eigenvalue weighted by atomic mass is 10.2. The number of anilines is 1. The Morgan fingerprint density at radius 3 is 2.89 bits per heavy atom. The number of carbonyl (C=O) groups is 1. The number of rotatable bonds is 1. The zero-order chi connectivity index (χ0) is 12.7.